The van der Waals surface area contributed by atoms with Gasteiger partial charge >= 0.3 is 0 Å². The fourth-order valence-electron chi connectivity index (χ4n) is 2.68. The first-order valence-corrected chi connectivity index (χ1v) is 9.78. The molecule has 0 aromatic heterocycles. The molecule has 0 heterocycles. The number of carbonyl (C=O) groups excluding carboxylic acids is 2. The molecule has 1 N–H and O–H groups in total. The van der Waals surface area contributed by atoms with E-state index in [1.54, 1.807) is 31.2 Å². The fourth-order valence-corrected chi connectivity index (χ4v) is 3.15. The summed E-state index contributed by atoms with van der Waals surface area (Å²) in [6.07, 6.45) is 0. The molecular formula is C21H24Cl2N2O3. The number of halogens is 2. The van der Waals surface area contributed by atoms with Gasteiger partial charge in [-0.3, -0.25) is 9.59 Å². The van der Waals surface area contributed by atoms with E-state index in [-0.39, 0.29) is 25.0 Å². The van der Waals surface area contributed by atoms with Crippen LogP contribution in [-0.4, -0.2) is 35.9 Å². The van der Waals surface area contributed by atoms with Gasteiger partial charge in [0, 0.05) is 23.1 Å². The number of aryl methyl sites for hydroxylation is 1. The predicted octanol–water partition coefficient (Wildman–Crippen LogP) is 4.23. The van der Waals surface area contributed by atoms with E-state index in [2.05, 4.69) is 5.32 Å². The van der Waals surface area contributed by atoms with Gasteiger partial charge in [0.1, 0.15) is 11.8 Å². The maximum atomic E-state index is 12.9. The number of likely N-dealkylation sites (N-methyl/N-ethyl adjacent to an activating group) is 1. The zero-order valence-electron chi connectivity index (χ0n) is 16.2. The minimum Gasteiger partial charge on any atom is -0.484 e. The Bertz CT molecular complexity index is 842. The molecule has 0 saturated heterocycles. The molecule has 0 radical (unpaired) electrons. The van der Waals surface area contributed by atoms with Crippen LogP contribution in [0.3, 0.4) is 0 Å². The van der Waals surface area contributed by atoms with E-state index in [9.17, 15) is 9.59 Å². The van der Waals surface area contributed by atoms with Crippen LogP contribution in [0.2, 0.25) is 10.0 Å². The van der Waals surface area contributed by atoms with E-state index >= 15 is 0 Å². The summed E-state index contributed by atoms with van der Waals surface area (Å²) in [6, 6.07) is 11.8. The molecule has 1 atom stereocenters. The van der Waals surface area contributed by atoms with Gasteiger partial charge < -0.3 is 15.0 Å². The summed E-state index contributed by atoms with van der Waals surface area (Å²) < 4.78 is 5.68. The van der Waals surface area contributed by atoms with Crippen LogP contribution in [0, 0.1) is 6.92 Å². The monoisotopic (exact) mass is 422 g/mol. The van der Waals surface area contributed by atoms with Crippen LogP contribution in [0.15, 0.2) is 42.5 Å². The first-order valence-electron chi connectivity index (χ1n) is 9.03. The third kappa shape index (κ3) is 5.88. The van der Waals surface area contributed by atoms with Crippen molar-refractivity contribution in [1.82, 2.24) is 10.2 Å². The molecule has 2 rings (SSSR count). The highest BCUT2D eigenvalue weighted by atomic mass is 35.5. The van der Waals surface area contributed by atoms with Crippen LogP contribution in [0.1, 0.15) is 25.0 Å². The molecule has 150 valence electrons. The van der Waals surface area contributed by atoms with Gasteiger partial charge in [-0.25, -0.2) is 0 Å². The Kier molecular flexibility index (Phi) is 8.15. The second-order valence-corrected chi connectivity index (χ2v) is 7.23. The quantitative estimate of drug-likeness (QED) is 0.691. The van der Waals surface area contributed by atoms with Gasteiger partial charge in [0.2, 0.25) is 5.91 Å². The second-order valence-electron chi connectivity index (χ2n) is 6.38. The van der Waals surface area contributed by atoms with Crippen molar-refractivity contribution in [2.24, 2.45) is 0 Å². The number of rotatable bonds is 8. The van der Waals surface area contributed by atoms with Crippen LogP contribution in [0.5, 0.6) is 5.75 Å². The van der Waals surface area contributed by atoms with E-state index in [0.29, 0.717) is 27.9 Å². The minimum absolute atomic E-state index is 0.171. The van der Waals surface area contributed by atoms with Crippen LogP contribution >= 0.6 is 23.2 Å². The first kappa shape index (κ1) is 22.1. The van der Waals surface area contributed by atoms with Crippen LogP contribution in [0.25, 0.3) is 0 Å². The van der Waals surface area contributed by atoms with Crippen LogP contribution in [0.4, 0.5) is 0 Å². The molecule has 0 unspecified atom stereocenters. The summed E-state index contributed by atoms with van der Waals surface area (Å²) in [5.41, 5.74) is 1.63. The number of amides is 2. The van der Waals surface area contributed by atoms with E-state index in [4.69, 9.17) is 27.9 Å². The Morgan fingerprint density at radius 1 is 1.18 bits per heavy atom. The molecule has 28 heavy (non-hydrogen) atoms. The Morgan fingerprint density at radius 3 is 2.54 bits per heavy atom. The average Bonchev–Trinajstić information content (AvgIpc) is 2.66. The van der Waals surface area contributed by atoms with Gasteiger partial charge in [-0.2, -0.15) is 0 Å². The number of benzene rings is 2. The van der Waals surface area contributed by atoms with Gasteiger partial charge in [0.05, 0.1) is 0 Å². The van der Waals surface area contributed by atoms with Crippen molar-refractivity contribution >= 4 is 35.0 Å². The lowest BCUT2D eigenvalue weighted by molar-refractivity contribution is -0.142. The normalized spacial score (nSPS) is 11.6. The van der Waals surface area contributed by atoms with Gasteiger partial charge in [-0.05, 0) is 50.1 Å². The molecule has 0 bridgehead atoms. The number of hydrogen-bond acceptors (Lipinski definition) is 3. The van der Waals surface area contributed by atoms with E-state index < -0.39 is 6.04 Å². The molecule has 5 nitrogen and oxygen atoms in total. The number of carbonyl (C=O) groups is 2. The number of para-hydroxylation sites is 1. The molecule has 2 amide bonds. The lowest BCUT2D eigenvalue weighted by Gasteiger charge is -2.29. The standard InChI is InChI=1S/C21H24Cl2N2O3/c1-4-24-21(27)15(3)25(12-16-9-10-17(22)11-18(16)23)20(26)13-28-19-8-6-5-7-14(19)2/h5-11,15H,4,12-13H2,1-3H3,(H,24,27)/t15-/m1/s1. The molecule has 2 aromatic rings. The van der Waals surface area contributed by atoms with Crippen molar-refractivity contribution in [2.75, 3.05) is 13.2 Å². The molecule has 0 fully saturated rings. The Labute approximate surface area is 175 Å². The minimum atomic E-state index is -0.681. The highest BCUT2D eigenvalue weighted by Crippen LogP contribution is 2.23. The third-order valence-electron chi connectivity index (χ3n) is 4.32. The summed E-state index contributed by atoms with van der Waals surface area (Å²) >= 11 is 12.2. The van der Waals surface area contributed by atoms with Crippen molar-refractivity contribution in [3.63, 3.8) is 0 Å². The zero-order chi connectivity index (χ0) is 20.7. The summed E-state index contributed by atoms with van der Waals surface area (Å²) in [7, 11) is 0. The summed E-state index contributed by atoms with van der Waals surface area (Å²) in [6.45, 7) is 5.88. The number of nitrogens with one attached hydrogen (secondary N) is 1. The highest BCUT2D eigenvalue weighted by Gasteiger charge is 2.27. The van der Waals surface area contributed by atoms with Crippen LogP contribution in [-0.2, 0) is 16.1 Å². The first-order chi connectivity index (χ1) is 13.3. The largest absolute Gasteiger partial charge is 0.484 e. The average molecular weight is 423 g/mol. The fraction of sp³-hybridized carbons (Fsp3) is 0.333. The maximum absolute atomic E-state index is 12.9. The molecule has 0 aliphatic rings. The number of hydrogen-bond donors (Lipinski definition) is 1. The Balaban J connectivity index is 2.20. The zero-order valence-corrected chi connectivity index (χ0v) is 17.7. The van der Waals surface area contributed by atoms with E-state index in [0.717, 1.165) is 5.56 Å². The Hall–Kier alpha value is -2.24. The lowest BCUT2D eigenvalue weighted by atomic mass is 10.1. The van der Waals surface area contributed by atoms with E-state index in [1.807, 2.05) is 32.0 Å². The van der Waals surface area contributed by atoms with Gasteiger partial charge in [0.15, 0.2) is 6.61 Å². The maximum Gasteiger partial charge on any atom is 0.261 e. The highest BCUT2D eigenvalue weighted by molar-refractivity contribution is 6.35. The molecule has 0 spiro atoms. The van der Waals surface area contributed by atoms with Gasteiger partial charge in [0.25, 0.3) is 5.91 Å². The summed E-state index contributed by atoms with van der Waals surface area (Å²) in [5.74, 6) is 0.0795. The SMILES string of the molecule is CCNC(=O)[C@@H](C)N(Cc1ccc(Cl)cc1Cl)C(=O)COc1ccccc1C. The molecule has 2 aromatic carbocycles. The summed E-state index contributed by atoms with van der Waals surface area (Å²) in [4.78, 5) is 26.7. The second kappa shape index (κ2) is 10.3. The van der Waals surface area contributed by atoms with Crippen molar-refractivity contribution in [2.45, 2.75) is 33.4 Å². The molecule has 0 aliphatic heterocycles. The van der Waals surface area contributed by atoms with Crippen LogP contribution < -0.4 is 10.1 Å². The number of nitrogens with zero attached hydrogens (tertiary/aromatic N) is 1. The summed E-state index contributed by atoms with van der Waals surface area (Å²) in [5, 5.41) is 3.69. The molecule has 0 aliphatic carbocycles. The molecular weight excluding hydrogens is 399 g/mol. The van der Waals surface area contributed by atoms with Gasteiger partial charge in [-0.15, -0.1) is 0 Å². The van der Waals surface area contributed by atoms with Gasteiger partial charge in [-0.1, -0.05) is 47.5 Å². The van der Waals surface area contributed by atoms with Crippen molar-refractivity contribution in [3.05, 3.63) is 63.6 Å². The third-order valence-corrected chi connectivity index (χ3v) is 4.91. The smallest absolute Gasteiger partial charge is 0.261 e. The number of ether oxygens (including phenoxy) is 1. The van der Waals surface area contributed by atoms with Crippen molar-refractivity contribution < 1.29 is 14.3 Å². The molecule has 0 saturated carbocycles. The Morgan fingerprint density at radius 2 is 1.89 bits per heavy atom. The lowest BCUT2D eigenvalue weighted by Crippen LogP contribution is -2.49. The van der Waals surface area contributed by atoms with Crippen molar-refractivity contribution in [3.8, 4) is 5.75 Å². The molecule has 7 heteroatoms. The topological polar surface area (TPSA) is 58.6 Å². The van der Waals surface area contributed by atoms with Crippen molar-refractivity contribution in [1.29, 1.82) is 0 Å². The predicted molar refractivity (Wildman–Crippen MR) is 112 cm³/mol. The van der Waals surface area contributed by atoms with E-state index in [1.165, 1.54) is 4.90 Å².